The van der Waals surface area contributed by atoms with E-state index in [1.165, 1.54) is 17.0 Å². The Morgan fingerprint density at radius 1 is 1.67 bits per heavy atom. The van der Waals surface area contributed by atoms with E-state index in [9.17, 15) is 14.9 Å². The monoisotopic (exact) mass is 291 g/mol. The number of aromatic nitrogens is 1. The molecule has 0 aromatic carbocycles. The molecule has 2 rings (SSSR count). The lowest BCUT2D eigenvalue weighted by atomic mass is 10.2. The average Bonchev–Trinajstić information content (AvgIpc) is 2.95. The number of hydrogen-bond acceptors (Lipinski definition) is 6. The van der Waals surface area contributed by atoms with E-state index in [0.29, 0.717) is 25.3 Å². The number of likely N-dealkylation sites (tertiary alicyclic amines) is 1. The molecule has 0 spiro atoms. The lowest BCUT2D eigenvalue weighted by Gasteiger charge is -2.25. The highest BCUT2D eigenvalue weighted by molar-refractivity contribution is 5.65. The van der Waals surface area contributed by atoms with Crippen LogP contribution in [0.15, 0.2) is 12.1 Å². The molecule has 1 aliphatic heterocycles. The summed E-state index contributed by atoms with van der Waals surface area (Å²) < 4.78 is 0. The maximum atomic E-state index is 10.9. The Morgan fingerprint density at radius 2 is 2.38 bits per heavy atom. The molecule has 110 valence electrons. The Morgan fingerprint density at radius 3 is 2.90 bits per heavy atom. The van der Waals surface area contributed by atoms with Crippen LogP contribution in [0.2, 0.25) is 0 Å². The second-order valence-electron chi connectivity index (χ2n) is 4.69. The third kappa shape index (κ3) is 2.84. The second-order valence-corrected chi connectivity index (χ2v) is 4.69. The molecule has 9 heteroatoms. The first kappa shape index (κ1) is 14.5. The normalized spacial score (nSPS) is 17.3. The molecule has 1 atom stereocenters. The highest BCUT2D eigenvalue weighted by Gasteiger charge is 2.30. The summed E-state index contributed by atoms with van der Waals surface area (Å²) in [4.78, 5) is 28.0. The van der Waals surface area contributed by atoms with E-state index >= 15 is 0 Å². The number of hydrogen-bond donors (Lipinski definition) is 1. The highest BCUT2D eigenvalue weighted by Crippen LogP contribution is 2.24. The Kier molecular flexibility index (Phi) is 3.89. The number of rotatable bonds is 3. The summed E-state index contributed by atoms with van der Waals surface area (Å²) in [6.45, 7) is 0.773. The molecule has 1 saturated heterocycles. The fraction of sp³-hybridized carbons (Fsp3) is 0.417. The predicted octanol–water partition coefficient (Wildman–Crippen LogP) is 1.05. The van der Waals surface area contributed by atoms with Crippen LogP contribution in [-0.4, -0.2) is 52.2 Å². The quantitative estimate of drug-likeness (QED) is 0.651. The lowest BCUT2D eigenvalue weighted by Crippen LogP contribution is -2.36. The van der Waals surface area contributed by atoms with Crippen molar-refractivity contribution >= 4 is 17.6 Å². The molecule has 0 unspecified atom stereocenters. The van der Waals surface area contributed by atoms with Crippen molar-refractivity contribution in [2.75, 3.05) is 25.0 Å². The van der Waals surface area contributed by atoms with E-state index < -0.39 is 11.0 Å². The summed E-state index contributed by atoms with van der Waals surface area (Å²) in [5.41, 5.74) is -0.592. The van der Waals surface area contributed by atoms with Gasteiger partial charge < -0.3 is 14.9 Å². The lowest BCUT2D eigenvalue weighted by molar-refractivity contribution is -0.385. The third-order valence-corrected chi connectivity index (χ3v) is 3.50. The fourth-order valence-electron chi connectivity index (χ4n) is 2.29. The summed E-state index contributed by atoms with van der Waals surface area (Å²) in [5.74, 6) is 0.411. The number of anilines is 1. The molecule has 1 fully saturated rings. The molecule has 0 aliphatic carbocycles. The molecule has 0 radical (unpaired) electrons. The van der Waals surface area contributed by atoms with E-state index in [1.54, 1.807) is 18.0 Å². The second kappa shape index (κ2) is 5.62. The number of likely N-dealkylation sites (N-methyl/N-ethyl adjacent to an activating group) is 1. The fourth-order valence-corrected chi connectivity index (χ4v) is 2.29. The standard InChI is InChI=1S/C12H13N5O4/c1-15(8-4-5-16(7-8)12(18)19)11-3-2-10(17(20)21)9(6-13)14-11/h2-3,8H,4-5,7H2,1H3,(H,18,19)/t8-/m0/s1. The number of pyridine rings is 1. The zero-order valence-corrected chi connectivity index (χ0v) is 11.3. The minimum Gasteiger partial charge on any atom is -0.465 e. The van der Waals surface area contributed by atoms with Crippen molar-refractivity contribution in [1.29, 1.82) is 5.26 Å². The summed E-state index contributed by atoms with van der Waals surface area (Å²) >= 11 is 0. The van der Waals surface area contributed by atoms with Gasteiger partial charge in [0, 0.05) is 32.2 Å². The Hall–Kier alpha value is -2.89. The maximum Gasteiger partial charge on any atom is 0.407 e. The third-order valence-electron chi connectivity index (χ3n) is 3.50. The van der Waals surface area contributed by atoms with Gasteiger partial charge in [-0.2, -0.15) is 5.26 Å². The van der Waals surface area contributed by atoms with Gasteiger partial charge in [0.25, 0.3) is 0 Å². The van der Waals surface area contributed by atoms with Gasteiger partial charge in [0.2, 0.25) is 5.69 Å². The van der Waals surface area contributed by atoms with Gasteiger partial charge in [0.05, 0.1) is 4.92 Å². The first-order valence-electron chi connectivity index (χ1n) is 6.20. The summed E-state index contributed by atoms with van der Waals surface area (Å²) in [7, 11) is 1.73. The van der Waals surface area contributed by atoms with Crippen LogP contribution in [0.5, 0.6) is 0 Å². The van der Waals surface area contributed by atoms with Crippen molar-refractivity contribution in [2.45, 2.75) is 12.5 Å². The molecular formula is C12H13N5O4. The van der Waals surface area contributed by atoms with Gasteiger partial charge in [0.15, 0.2) is 0 Å². The van der Waals surface area contributed by atoms with E-state index in [4.69, 9.17) is 10.4 Å². The van der Waals surface area contributed by atoms with Gasteiger partial charge in [-0.3, -0.25) is 10.1 Å². The minimum absolute atomic E-state index is 0.0680. The van der Waals surface area contributed by atoms with Crippen molar-refractivity contribution in [2.24, 2.45) is 0 Å². The molecule has 1 aromatic rings. The van der Waals surface area contributed by atoms with Crippen molar-refractivity contribution in [1.82, 2.24) is 9.88 Å². The zero-order valence-electron chi connectivity index (χ0n) is 11.3. The Balaban J connectivity index is 2.21. The van der Waals surface area contributed by atoms with Gasteiger partial charge >= 0.3 is 11.8 Å². The molecule has 1 N–H and O–H groups in total. The van der Waals surface area contributed by atoms with Gasteiger partial charge in [-0.15, -0.1) is 0 Å². The highest BCUT2D eigenvalue weighted by atomic mass is 16.6. The van der Waals surface area contributed by atoms with Gasteiger partial charge in [-0.25, -0.2) is 9.78 Å². The van der Waals surface area contributed by atoms with Crippen molar-refractivity contribution in [3.8, 4) is 6.07 Å². The van der Waals surface area contributed by atoms with Crippen LogP contribution in [0.4, 0.5) is 16.3 Å². The SMILES string of the molecule is CN(c1ccc([N+](=O)[O-])c(C#N)n1)[C@H]1CCN(C(=O)O)C1. The molecule has 1 aliphatic rings. The first-order chi connectivity index (χ1) is 9.93. The number of nitrogens with zero attached hydrogens (tertiary/aromatic N) is 5. The van der Waals surface area contributed by atoms with E-state index in [0.717, 1.165) is 0 Å². The molecule has 2 heterocycles. The van der Waals surface area contributed by atoms with Crippen LogP contribution in [0, 0.1) is 21.4 Å². The van der Waals surface area contributed by atoms with Crippen LogP contribution in [0.1, 0.15) is 12.1 Å². The predicted molar refractivity (Wildman–Crippen MR) is 72.0 cm³/mol. The Labute approximate surface area is 120 Å². The average molecular weight is 291 g/mol. The molecule has 0 saturated carbocycles. The number of nitro groups is 1. The maximum absolute atomic E-state index is 10.9. The van der Waals surface area contributed by atoms with Crippen LogP contribution in [-0.2, 0) is 0 Å². The topological polar surface area (TPSA) is 124 Å². The van der Waals surface area contributed by atoms with Crippen molar-refractivity contribution in [3.05, 3.63) is 27.9 Å². The Bertz CT molecular complexity index is 627. The van der Waals surface area contributed by atoms with E-state index in [2.05, 4.69) is 4.98 Å². The minimum atomic E-state index is -0.972. The number of carboxylic acid groups (broad SMARTS) is 1. The number of nitriles is 1. The molecule has 1 aromatic heterocycles. The van der Waals surface area contributed by atoms with Crippen LogP contribution in [0.25, 0.3) is 0 Å². The molecule has 21 heavy (non-hydrogen) atoms. The summed E-state index contributed by atoms with van der Waals surface area (Å²) in [6.07, 6.45) is -0.330. The van der Waals surface area contributed by atoms with Crippen LogP contribution < -0.4 is 4.90 Å². The van der Waals surface area contributed by atoms with Crippen molar-refractivity contribution < 1.29 is 14.8 Å². The van der Waals surface area contributed by atoms with E-state index in [-0.39, 0.29) is 17.4 Å². The van der Waals surface area contributed by atoms with Gasteiger partial charge in [-0.05, 0) is 12.5 Å². The first-order valence-corrected chi connectivity index (χ1v) is 6.20. The molecule has 1 amide bonds. The van der Waals surface area contributed by atoms with Crippen molar-refractivity contribution in [3.63, 3.8) is 0 Å². The molecular weight excluding hydrogens is 278 g/mol. The molecule has 9 nitrogen and oxygen atoms in total. The van der Waals surface area contributed by atoms with Crippen LogP contribution >= 0.6 is 0 Å². The summed E-state index contributed by atoms with van der Waals surface area (Å²) in [6, 6.07) is 4.34. The summed E-state index contributed by atoms with van der Waals surface area (Å²) in [5, 5.41) is 28.6. The van der Waals surface area contributed by atoms with Gasteiger partial charge in [0.1, 0.15) is 11.9 Å². The van der Waals surface area contributed by atoms with Crippen LogP contribution in [0.3, 0.4) is 0 Å². The van der Waals surface area contributed by atoms with E-state index in [1.807, 2.05) is 0 Å². The zero-order chi connectivity index (χ0) is 15.6. The van der Waals surface area contributed by atoms with Gasteiger partial charge in [-0.1, -0.05) is 0 Å². The number of amides is 1. The molecule has 0 bridgehead atoms. The number of carbonyl (C=O) groups is 1. The largest absolute Gasteiger partial charge is 0.465 e. The smallest absolute Gasteiger partial charge is 0.407 e.